The third kappa shape index (κ3) is 4.40. The first-order valence-electron chi connectivity index (χ1n) is 8.41. The predicted octanol–water partition coefficient (Wildman–Crippen LogP) is 3.98. The van der Waals surface area contributed by atoms with Gasteiger partial charge in [0.15, 0.2) is 0 Å². The number of hydrogen-bond acceptors (Lipinski definition) is 7. The molecular formula is C17H21N3O5S. The molecule has 1 atom stereocenters. The van der Waals surface area contributed by atoms with Crippen LogP contribution < -0.4 is 4.74 Å². The van der Waals surface area contributed by atoms with Crippen LogP contribution in [0, 0.1) is 10.1 Å². The second-order valence-electron chi connectivity index (χ2n) is 7.20. The second kappa shape index (κ2) is 7.06. The van der Waals surface area contributed by atoms with Gasteiger partial charge in [0.25, 0.3) is 10.9 Å². The highest BCUT2D eigenvalue weighted by molar-refractivity contribution is 7.20. The lowest BCUT2D eigenvalue weighted by atomic mass is 10.1. The Morgan fingerprint density at radius 1 is 1.42 bits per heavy atom. The molecule has 1 amide bonds. The molecule has 0 bridgehead atoms. The number of carbonyl (C=O) groups is 1. The minimum Gasteiger partial charge on any atom is -0.465 e. The summed E-state index contributed by atoms with van der Waals surface area (Å²) in [4.78, 5) is 28.6. The number of likely N-dealkylation sites (tertiary alicyclic amines) is 1. The highest BCUT2D eigenvalue weighted by atomic mass is 32.1. The van der Waals surface area contributed by atoms with E-state index in [1.54, 1.807) is 11.0 Å². The molecule has 9 heteroatoms. The Balaban J connectivity index is 1.67. The van der Waals surface area contributed by atoms with E-state index in [1.165, 1.54) is 23.5 Å². The van der Waals surface area contributed by atoms with E-state index in [4.69, 9.17) is 9.47 Å². The number of ether oxygens (including phenoxy) is 2. The van der Waals surface area contributed by atoms with Crippen molar-refractivity contribution >= 4 is 33.3 Å². The summed E-state index contributed by atoms with van der Waals surface area (Å²) in [5.74, 6) is 0. The van der Waals surface area contributed by atoms with Crippen LogP contribution >= 0.6 is 11.3 Å². The molecule has 140 valence electrons. The van der Waals surface area contributed by atoms with Crippen molar-refractivity contribution in [2.75, 3.05) is 13.1 Å². The van der Waals surface area contributed by atoms with Crippen molar-refractivity contribution in [3.8, 4) is 5.19 Å². The van der Waals surface area contributed by atoms with Crippen molar-refractivity contribution in [2.24, 2.45) is 0 Å². The average molecular weight is 379 g/mol. The Morgan fingerprint density at radius 2 is 2.19 bits per heavy atom. The summed E-state index contributed by atoms with van der Waals surface area (Å²) >= 11 is 1.34. The van der Waals surface area contributed by atoms with Crippen LogP contribution in [0.4, 0.5) is 10.5 Å². The van der Waals surface area contributed by atoms with Gasteiger partial charge in [0, 0.05) is 18.7 Å². The third-order valence-corrected chi connectivity index (χ3v) is 4.79. The Kier molecular flexibility index (Phi) is 4.99. The zero-order chi connectivity index (χ0) is 18.9. The summed E-state index contributed by atoms with van der Waals surface area (Å²) in [6.45, 7) is 6.58. The van der Waals surface area contributed by atoms with Gasteiger partial charge < -0.3 is 14.4 Å². The van der Waals surface area contributed by atoms with Crippen LogP contribution in [0.25, 0.3) is 10.2 Å². The van der Waals surface area contributed by atoms with Crippen molar-refractivity contribution in [1.29, 1.82) is 0 Å². The van der Waals surface area contributed by atoms with Crippen LogP contribution in [0.2, 0.25) is 0 Å². The first kappa shape index (κ1) is 18.4. The molecule has 0 N–H and O–H groups in total. The molecule has 8 nitrogen and oxygen atoms in total. The van der Waals surface area contributed by atoms with E-state index in [0.717, 1.165) is 17.5 Å². The van der Waals surface area contributed by atoms with Crippen LogP contribution in [-0.4, -0.2) is 45.7 Å². The highest BCUT2D eigenvalue weighted by Crippen LogP contribution is 2.31. The summed E-state index contributed by atoms with van der Waals surface area (Å²) in [7, 11) is 0. The summed E-state index contributed by atoms with van der Waals surface area (Å²) in [5.41, 5.74) is 0.00855. The van der Waals surface area contributed by atoms with Crippen molar-refractivity contribution < 1.29 is 19.2 Å². The molecule has 1 aliphatic rings. The number of nitro benzene ring substituents is 1. The van der Waals surface area contributed by atoms with Gasteiger partial charge in [0.2, 0.25) is 0 Å². The first-order valence-corrected chi connectivity index (χ1v) is 9.22. The van der Waals surface area contributed by atoms with Gasteiger partial charge in [0.05, 0.1) is 21.7 Å². The Labute approximate surface area is 154 Å². The maximum Gasteiger partial charge on any atom is 0.410 e. The van der Waals surface area contributed by atoms with Gasteiger partial charge in [-0.05, 0) is 39.7 Å². The van der Waals surface area contributed by atoms with Crippen molar-refractivity contribution in [3.63, 3.8) is 0 Å². The zero-order valence-corrected chi connectivity index (χ0v) is 15.7. The van der Waals surface area contributed by atoms with E-state index < -0.39 is 10.5 Å². The number of nitrogens with zero attached hydrogens (tertiary/aromatic N) is 3. The molecule has 1 saturated heterocycles. The highest BCUT2D eigenvalue weighted by Gasteiger charge is 2.29. The maximum absolute atomic E-state index is 12.2. The smallest absolute Gasteiger partial charge is 0.410 e. The average Bonchev–Trinajstić information content (AvgIpc) is 2.94. The third-order valence-electron chi connectivity index (χ3n) is 3.86. The molecule has 1 fully saturated rings. The number of non-ortho nitro benzene ring substituents is 1. The van der Waals surface area contributed by atoms with Crippen LogP contribution in [-0.2, 0) is 4.74 Å². The molecule has 26 heavy (non-hydrogen) atoms. The number of fused-ring (bicyclic) bond motifs is 1. The predicted molar refractivity (Wildman–Crippen MR) is 97.7 cm³/mol. The van der Waals surface area contributed by atoms with Crippen LogP contribution in [0.3, 0.4) is 0 Å². The van der Waals surface area contributed by atoms with Crippen LogP contribution in [0.5, 0.6) is 5.19 Å². The van der Waals surface area contributed by atoms with Gasteiger partial charge in [-0.1, -0.05) is 11.3 Å². The molecule has 1 aromatic carbocycles. The fraction of sp³-hybridized carbons (Fsp3) is 0.529. The zero-order valence-electron chi connectivity index (χ0n) is 14.9. The number of aromatic nitrogens is 1. The topological polar surface area (TPSA) is 94.8 Å². The van der Waals surface area contributed by atoms with Gasteiger partial charge >= 0.3 is 6.09 Å². The van der Waals surface area contributed by atoms with E-state index >= 15 is 0 Å². The number of carbonyl (C=O) groups excluding carboxylic acids is 1. The van der Waals surface area contributed by atoms with E-state index in [9.17, 15) is 14.9 Å². The number of nitro groups is 1. The lowest BCUT2D eigenvalue weighted by molar-refractivity contribution is -0.384. The summed E-state index contributed by atoms with van der Waals surface area (Å²) in [6.07, 6.45) is 1.12. The van der Waals surface area contributed by atoms with E-state index in [0.29, 0.717) is 23.8 Å². The molecular weight excluding hydrogens is 358 g/mol. The molecule has 2 aromatic rings. The van der Waals surface area contributed by atoms with Crippen molar-refractivity contribution in [2.45, 2.75) is 45.3 Å². The largest absolute Gasteiger partial charge is 0.465 e. The maximum atomic E-state index is 12.2. The monoisotopic (exact) mass is 379 g/mol. The summed E-state index contributed by atoms with van der Waals surface area (Å²) < 4.78 is 12.2. The Morgan fingerprint density at radius 3 is 2.88 bits per heavy atom. The van der Waals surface area contributed by atoms with Gasteiger partial charge in [-0.15, -0.1) is 0 Å². The molecule has 0 radical (unpaired) electrons. The van der Waals surface area contributed by atoms with Crippen LogP contribution in [0.15, 0.2) is 18.2 Å². The molecule has 3 rings (SSSR count). The number of hydrogen-bond donors (Lipinski definition) is 0. The fourth-order valence-electron chi connectivity index (χ4n) is 2.73. The van der Waals surface area contributed by atoms with Gasteiger partial charge in [0.1, 0.15) is 11.7 Å². The molecule has 0 aliphatic carbocycles. The van der Waals surface area contributed by atoms with Gasteiger partial charge in [-0.25, -0.2) is 9.78 Å². The SMILES string of the molecule is CC(C)(C)OC(=O)N1CCCC(Oc2nc3cc([N+](=O)[O-])ccc3s2)C1. The van der Waals surface area contributed by atoms with E-state index in [2.05, 4.69) is 4.98 Å². The molecule has 1 unspecified atom stereocenters. The minimum absolute atomic E-state index is 0.00289. The molecule has 0 spiro atoms. The lowest BCUT2D eigenvalue weighted by Crippen LogP contribution is -2.46. The number of piperidine rings is 1. The molecule has 2 heterocycles. The second-order valence-corrected chi connectivity index (χ2v) is 8.19. The van der Waals surface area contributed by atoms with Crippen molar-refractivity contribution in [1.82, 2.24) is 9.88 Å². The van der Waals surface area contributed by atoms with Crippen LogP contribution in [0.1, 0.15) is 33.6 Å². The number of rotatable bonds is 3. The lowest BCUT2D eigenvalue weighted by Gasteiger charge is -2.33. The number of benzene rings is 1. The fourth-order valence-corrected chi connectivity index (χ4v) is 3.59. The Hall–Kier alpha value is -2.42. The van der Waals surface area contributed by atoms with Crippen molar-refractivity contribution in [3.05, 3.63) is 28.3 Å². The van der Waals surface area contributed by atoms with Gasteiger partial charge in [-0.3, -0.25) is 10.1 Å². The summed E-state index contributed by atoms with van der Waals surface area (Å²) in [6, 6.07) is 4.56. The molecule has 1 aromatic heterocycles. The molecule has 0 saturated carbocycles. The van der Waals surface area contributed by atoms with E-state index in [1.807, 2.05) is 20.8 Å². The number of amides is 1. The quantitative estimate of drug-likeness (QED) is 0.591. The first-order chi connectivity index (χ1) is 12.2. The standard InChI is InChI=1S/C17H21N3O5S/c1-17(2,3)25-16(21)19-8-4-5-12(10-19)24-15-18-13-9-11(20(22)23)6-7-14(13)26-15/h6-7,9,12H,4-5,8,10H2,1-3H3. The van der Waals surface area contributed by atoms with E-state index in [-0.39, 0.29) is 17.9 Å². The summed E-state index contributed by atoms with van der Waals surface area (Å²) in [5, 5.41) is 11.3. The minimum atomic E-state index is -0.535. The Bertz CT molecular complexity index is 829. The number of thiazole rings is 1. The normalized spacial score (nSPS) is 18.0. The van der Waals surface area contributed by atoms with Gasteiger partial charge in [-0.2, -0.15) is 0 Å². The molecule has 1 aliphatic heterocycles.